The first-order chi connectivity index (χ1) is 10.1. The second kappa shape index (κ2) is 7.22. The molecule has 0 aliphatic heterocycles. The lowest BCUT2D eigenvalue weighted by atomic mass is 10.1. The summed E-state index contributed by atoms with van der Waals surface area (Å²) in [6, 6.07) is 12.3. The summed E-state index contributed by atoms with van der Waals surface area (Å²) in [6.07, 6.45) is 0.881. The Bertz CT molecular complexity index is 646. The fraction of sp³-hybridized carbons (Fsp3) is 0.188. The third kappa shape index (κ3) is 4.29. The Kier molecular flexibility index (Phi) is 5.33. The third-order valence-corrected chi connectivity index (χ3v) is 3.54. The number of carbonyl (C=O) groups is 1. The van der Waals surface area contributed by atoms with Crippen LogP contribution in [0.25, 0.3) is 0 Å². The van der Waals surface area contributed by atoms with Crippen LogP contribution in [0.15, 0.2) is 46.9 Å². The number of halogens is 2. The van der Waals surface area contributed by atoms with Crippen molar-refractivity contribution in [3.8, 4) is 0 Å². The van der Waals surface area contributed by atoms with Crippen LogP contribution in [-0.4, -0.2) is 12.5 Å². The normalized spacial score (nSPS) is 10.2. The van der Waals surface area contributed by atoms with Gasteiger partial charge in [0.15, 0.2) is 0 Å². The highest BCUT2D eigenvalue weighted by molar-refractivity contribution is 9.10. The molecule has 5 heteroatoms. The number of rotatable bonds is 5. The molecule has 2 aromatic rings. The minimum atomic E-state index is -0.466. The van der Waals surface area contributed by atoms with Crippen molar-refractivity contribution < 1.29 is 9.18 Å². The second-order valence-corrected chi connectivity index (χ2v) is 5.45. The molecule has 2 aromatic carbocycles. The van der Waals surface area contributed by atoms with Gasteiger partial charge in [0.1, 0.15) is 5.82 Å². The van der Waals surface area contributed by atoms with E-state index in [-0.39, 0.29) is 18.1 Å². The average Bonchev–Trinajstić information content (AvgIpc) is 2.48. The van der Waals surface area contributed by atoms with Crippen molar-refractivity contribution in [1.82, 2.24) is 0 Å². The van der Waals surface area contributed by atoms with Crippen molar-refractivity contribution in [3.63, 3.8) is 0 Å². The summed E-state index contributed by atoms with van der Waals surface area (Å²) in [5, 5.41) is 5.62. The molecule has 0 fully saturated rings. The van der Waals surface area contributed by atoms with E-state index in [9.17, 15) is 9.18 Å². The lowest BCUT2D eigenvalue weighted by Gasteiger charge is -2.11. The largest absolute Gasteiger partial charge is 0.376 e. The molecule has 3 nitrogen and oxygen atoms in total. The van der Waals surface area contributed by atoms with Gasteiger partial charge in [0.25, 0.3) is 0 Å². The Labute approximate surface area is 131 Å². The Hall–Kier alpha value is -1.88. The lowest BCUT2D eigenvalue weighted by molar-refractivity contribution is -0.114. The number of amides is 1. The van der Waals surface area contributed by atoms with E-state index in [2.05, 4.69) is 33.5 Å². The molecule has 2 rings (SSSR count). The zero-order valence-corrected chi connectivity index (χ0v) is 13.2. The van der Waals surface area contributed by atoms with Crippen LogP contribution in [0.5, 0.6) is 0 Å². The molecule has 0 aliphatic rings. The molecule has 0 unspecified atom stereocenters. The second-order valence-electron chi connectivity index (χ2n) is 4.54. The van der Waals surface area contributed by atoms with Gasteiger partial charge in [0.05, 0.1) is 12.2 Å². The first-order valence-electron chi connectivity index (χ1n) is 6.67. The molecule has 110 valence electrons. The van der Waals surface area contributed by atoms with E-state index in [4.69, 9.17) is 0 Å². The number of hydrogen-bond donors (Lipinski definition) is 2. The van der Waals surface area contributed by atoms with Gasteiger partial charge in [-0.25, -0.2) is 4.39 Å². The number of anilines is 2. The molecule has 21 heavy (non-hydrogen) atoms. The van der Waals surface area contributed by atoms with Crippen LogP contribution in [0.1, 0.15) is 12.5 Å². The van der Waals surface area contributed by atoms with Gasteiger partial charge in [-0.2, -0.15) is 0 Å². The predicted molar refractivity (Wildman–Crippen MR) is 87.0 cm³/mol. The van der Waals surface area contributed by atoms with Crippen LogP contribution in [0.3, 0.4) is 0 Å². The molecule has 1 amide bonds. The fourth-order valence-electron chi connectivity index (χ4n) is 1.96. The van der Waals surface area contributed by atoms with E-state index in [0.717, 1.165) is 17.7 Å². The van der Waals surface area contributed by atoms with Crippen LogP contribution in [-0.2, 0) is 11.2 Å². The van der Waals surface area contributed by atoms with E-state index in [0.29, 0.717) is 4.47 Å². The van der Waals surface area contributed by atoms with Gasteiger partial charge in [-0.15, -0.1) is 0 Å². The topological polar surface area (TPSA) is 41.1 Å². The molecule has 0 heterocycles. The zero-order chi connectivity index (χ0) is 15.2. The van der Waals surface area contributed by atoms with Crippen molar-refractivity contribution in [3.05, 3.63) is 58.3 Å². The highest BCUT2D eigenvalue weighted by Crippen LogP contribution is 2.19. The molecule has 0 saturated carbocycles. The number of nitrogens with one attached hydrogen (secondary N) is 2. The Morgan fingerprint density at radius 1 is 1.19 bits per heavy atom. The van der Waals surface area contributed by atoms with E-state index in [1.165, 1.54) is 12.1 Å². The smallest absolute Gasteiger partial charge is 0.243 e. The molecular formula is C16H16BrFN2O. The van der Waals surface area contributed by atoms with Crippen LogP contribution in [0.2, 0.25) is 0 Å². The molecule has 0 bridgehead atoms. The van der Waals surface area contributed by atoms with Crippen molar-refractivity contribution >= 4 is 33.2 Å². The van der Waals surface area contributed by atoms with Crippen molar-refractivity contribution in [2.75, 3.05) is 17.2 Å². The number of carbonyl (C=O) groups excluding carboxylic acids is 1. The molecule has 0 atom stereocenters. The summed E-state index contributed by atoms with van der Waals surface area (Å²) in [6.45, 7) is 2.14. The standard InChI is InChI=1S/C16H16BrFN2O/c1-2-11-5-3-4-6-14(11)19-10-16(21)20-15-8-7-12(17)9-13(15)18/h3-9,19H,2,10H2,1H3,(H,20,21). The summed E-state index contributed by atoms with van der Waals surface area (Å²) in [5.41, 5.74) is 2.24. The van der Waals surface area contributed by atoms with Crippen LogP contribution in [0.4, 0.5) is 15.8 Å². The number of para-hydroxylation sites is 1. The molecular weight excluding hydrogens is 335 g/mol. The van der Waals surface area contributed by atoms with Crippen molar-refractivity contribution in [2.45, 2.75) is 13.3 Å². The molecule has 0 aliphatic carbocycles. The molecule has 2 N–H and O–H groups in total. The Balaban J connectivity index is 1.96. The molecule has 0 aromatic heterocycles. The van der Waals surface area contributed by atoms with Crippen molar-refractivity contribution in [1.29, 1.82) is 0 Å². The molecule has 0 spiro atoms. The predicted octanol–water partition coefficient (Wildman–Crippen LogP) is 4.20. The summed E-state index contributed by atoms with van der Waals surface area (Å²) < 4.78 is 14.3. The summed E-state index contributed by atoms with van der Waals surface area (Å²) in [4.78, 5) is 11.9. The summed E-state index contributed by atoms with van der Waals surface area (Å²) >= 11 is 3.17. The highest BCUT2D eigenvalue weighted by Gasteiger charge is 2.08. The number of benzene rings is 2. The number of aryl methyl sites for hydroxylation is 1. The van der Waals surface area contributed by atoms with E-state index >= 15 is 0 Å². The monoisotopic (exact) mass is 350 g/mol. The van der Waals surface area contributed by atoms with E-state index in [1.807, 2.05) is 24.3 Å². The average molecular weight is 351 g/mol. The zero-order valence-electron chi connectivity index (χ0n) is 11.6. The molecule has 0 saturated heterocycles. The lowest BCUT2D eigenvalue weighted by Crippen LogP contribution is -2.22. The van der Waals surface area contributed by atoms with E-state index in [1.54, 1.807) is 6.07 Å². The van der Waals surface area contributed by atoms with Crippen molar-refractivity contribution in [2.24, 2.45) is 0 Å². The van der Waals surface area contributed by atoms with Gasteiger partial charge in [-0.3, -0.25) is 4.79 Å². The first-order valence-corrected chi connectivity index (χ1v) is 7.46. The number of hydrogen-bond acceptors (Lipinski definition) is 2. The van der Waals surface area contributed by atoms with E-state index < -0.39 is 5.82 Å². The quantitative estimate of drug-likeness (QED) is 0.848. The summed E-state index contributed by atoms with van der Waals surface area (Å²) in [7, 11) is 0. The molecule has 0 radical (unpaired) electrons. The van der Waals surface area contributed by atoms with Gasteiger partial charge in [0, 0.05) is 10.2 Å². The Morgan fingerprint density at radius 3 is 2.67 bits per heavy atom. The summed E-state index contributed by atoms with van der Waals surface area (Å²) in [5.74, 6) is -0.756. The van der Waals surface area contributed by atoms with Gasteiger partial charge >= 0.3 is 0 Å². The maximum absolute atomic E-state index is 13.6. The minimum absolute atomic E-state index is 0.0898. The van der Waals surface area contributed by atoms with Gasteiger partial charge in [-0.1, -0.05) is 41.1 Å². The maximum atomic E-state index is 13.6. The maximum Gasteiger partial charge on any atom is 0.243 e. The van der Waals surface area contributed by atoms with Crippen LogP contribution < -0.4 is 10.6 Å². The van der Waals surface area contributed by atoms with Gasteiger partial charge in [-0.05, 0) is 36.2 Å². The van der Waals surface area contributed by atoms with Gasteiger partial charge < -0.3 is 10.6 Å². The SMILES string of the molecule is CCc1ccccc1NCC(=O)Nc1ccc(Br)cc1F. The highest BCUT2D eigenvalue weighted by atomic mass is 79.9. The Morgan fingerprint density at radius 2 is 1.95 bits per heavy atom. The van der Waals surface area contributed by atoms with Crippen LogP contribution in [0, 0.1) is 5.82 Å². The minimum Gasteiger partial charge on any atom is -0.376 e. The van der Waals surface area contributed by atoms with Gasteiger partial charge in [0.2, 0.25) is 5.91 Å². The third-order valence-electron chi connectivity index (χ3n) is 3.04. The fourth-order valence-corrected chi connectivity index (χ4v) is 2.29. The first kappa shape index (κ1) is 15.5. The van der Waals surface area contributed by atoms with Crippen LogP contribution >= 0.6 is 15.9 Å².